The van der Waals surface area contributed by atoms with Gasteiger partial charge < -0.3 is 9.47 Å². The maximum absolute atomic E-state index is 13.0. The molecule has 0 saturated carbocycles. The molecule has 0 aromatic heterocycles. The van der Waals surface area contributed by atoms with Crippen molar-refractivity contribution in [1.82, 2.24) is 0 Å². The van der Waals surface area contributed by atoms with Gasteiger partial charge in [-0.1, -0.05) is 40.5 Å². The van der Waals surface area contributed by atoms with E-state index < -0.39 is 39.5 Å². The van der Waals surface area contributed by atoms with Crippen molar-refractivity contribution in [2.45, 2.75) is 59.1 Å². The first kappa shape index (κ1) is 23.7. The minimum absolute atomic E-state index is 0.0797. The van der Waals surface area contributed by atoms with Crippen LogP contribution in [0.15, 0.2) is 0 Å². The standard InChI is InChI=1S/C15H26F2O7S/c1-6-10(3)8-14(5,11(4)7-2)12(18)23-9-24-13(19)15(16,17)25(20,21)22/h10-11H,6-9H2,1-5H3,(H,20,21,22). The van der Waals surface area contributed by atoms with E-state index in [4.69, 9.17) is 9.29 Å². The summed E-state index contributed by atoms with van der Waals surface area (Å²) in [6, 6.07) is 0. The highest BCUT2D eigenvalue weighted by Crippen LogP contribution is 2.38. The number of carbonyl (C=O) groups excluding carboxylic acids is 2. The SMILES string of the molecule is CCC(C)CC(C)(C(=O)OCOC(=O)C(F)(F)S(=O)(=O)O)C(C)CC. The molecule has 10 heteroatoms. The highest BCUT2D eigenvalue weighted by atomic mass is 32.2. The van der Waals surface area contributed by atoms with E-state index in [9.17, 15) is 26.8 Å². The largest absolute Gasteiger partial charge is 0.465 e. The van der Waals surface area contributed by atoms with Crippen LogP contribution in [-0.4, -0.2) is 37.0 Å². The molecule has 148 valence electrons. The fourth-order valence-corrected chi connectivity index (χ4v) is 2.56. The first-order valence-corrected chi connectivity index (χ1v) is 9.37. The third-order valence-corrected chi connectivity index (χ3v) is 5.39. The smallest absolute Gasteiger partial charge is 0.427 e. The van der Waals surface area contributed by atoms with Crippen LogP contribution in [0.2, 0.25) is 0 Å². The summed E-state index contributed by atoms with van der Waals surface area (Å²) in [5, 5.41) is -5.13. The number of halogens is 2. The van der Waals surface area contributed by atoms with Gasteiger partial charge in [0.2, 0.25) is 6.79 Å². The Balaban J connectivity index is 4.97. The fourth-order valence-electron chi connectivity index (χ4n) is 2.30. The molecule has 1 N–H and O–H groups in total. The van der Waals surface area contributed by atoms with Crippen molar-refractivity contribution in [3.05, 3.63) is 0 Å². The molecule has 0 aliphatic rings. The Kier molecular flexibility index (Phi) is 8.43. The molecule has 0 radical (unpaired) electrons. The zero-order chi connectivity index (χ0) is 20.1. The van der Waals surface area contributed by atoms with Crippen LogP contribution in [0, 0.1) is 17.3 Å². The molecule has 0 heterocycles. The summed E-state index contributed by atoms with van der Waals surface area (Å²) in [5.41, 5.74) is -0.915. The van der Waals surface area contributed by atoms with Gasteiger partial charge in [-0.25, -0.2) is 4.79 Å². The van der Waals surface area contributed by atoms with E-state index in [1.165, 1.54) is 0 Å². The lowest BCUT2D eigenvalue weighted by molar-refractivity contribution is -0.185. The summed E-state index contributed by atoms with van der Waals surface area (Å²) < 4.78 is 64.0. The first-order chi connectivity index (χ1) is 11.2. The predicted octanol–water partition coefficient (Wildman–Crippen LogP) is 3.00. The molecule has 3 atom stereocenters. The van der Waals surface area contributed by atoms with Crippen molar-refractivity contribution in [1.29, 1.82) is 0 Å². The average Bonchev–Trinajstić information content (AvgIpc) is 2.51. The molecule has 0 amide bonds. The van der Waals surface area contributed by atoms with Crippen LogP contribution >= 0.6 is 0 Å². The van der Waals surface area contributed by atoms with Gasteiger partial charge in [0.15, 0.2) is 0 Å². The normalized spacial score (nSPS) is 17.3. The molecule has 0 spiro atoms. The monoisotopic (exact) mass is 388 g/mol. The van der Waals surface area contributed by atoms with Crippen molar-refractivity contribution in [2.24, 2.45) is 17.3 Å². The Hall–Kier alpha value is -1.29. The van der Waals surface area contributed by atoms with E-state index in [1.807, 2.05) is 27.7 Å². The summed E-state index contributed by atoms with van der Waals surface area (Å²) in [6.07, 6.45) is 1.99. The van der Waals surface area contributed by atoms with Crippen molar-refractivity contribution in [3.8, 4) is 0 Å². The van der Waals surface area contributed by atoms with Gasteiger partial charge in [0.25, 0.3) is 0 Å². The molecule has 0 saturated heterocycles. The van der Waals surface area contributed by atoms with Gasteiger partial charge in [0.05, 0.1) is 5.41 Å². The van der Waals surface area contributed by atoms with Crippen molar-refractivity contribution < 1.29 is 40.8 Å². The van der Waals surface area contributed by atoms with Gasteiger partial charge in [0.1, 0.15) is 0 Å². The lowest BCUT2D eigenvalue weighted by Gasteiger charge is -2.34. The van der Waals surface area contributed by atoms with Crippen molar-refractivity contribution >= 4 is 22.1 Å². The molecule has 3 unspecified atom stereocenters. The van der Waals surface area contributed by atoms with Crippen LogP contribution < -0.4 is 0 Å². The maximum Gasteiger partial charge on any atom is 0.465 e. The molecule has 0 rings (SSSR count). The molecular weight excluding hydrogens is 362 g/mol. The summed E-state index contributed by atoms with van der Waals surface area (Å²) in [7, 11) is -5.97. The number of ether oxygens (including phenoxy) is 2. The summed E-state index contributed by atoms with van der Waals surface area (Å²) in [4.78, 5) is 23.4. The van der Waals surface area contributed by atoms with Crippen LogP contribution in [-0.2, 0) is 29.2 Å². The molecule has 0 fully saturated rings. The molecule has 0 aliphatic carbocycles. The lowest BCUT2D eigenvalue weighted by Crippen LogP contribution is -2.41. The lowest BCUT2D eigenvalue weighted by atomic mass is 9.71. The van der Waals surface area contributed by atoms with E-state index in [1.54, 1.807) is 6.92 Å². The Bertz CT molecular complexity index is 576. The quantitative estimate of drug-likeness (QED) is 0.348. The minimum atomic E-state index is -5.97. The minimum Gasteiger partial charge on any atom is -0.427 e. The number of alkyl halides is 2. The first-order valence-electron chi connectivity index (χ1n) is 7.93. The van der Waals surface area contributed by atoms with Crippen LogP contribution in [0.4, 0.5) is 8.78 Å². The second-order valence-electron chi connectivity index (χ2n) is 6.42. The number of esters is 2. The van der Waals surface area contributed by atoms with Gasteiger partial charge in [-0.05, 0) is 25.2 Å². The third-order valence-electron chi connectivity index (χ3n) is 4.58. The van der Waals surface area contributed by atoms with E-state index in [0.717, 1.165) is 6.42 Å². The van der Waals surface area contributed by atoms with Gasteiger partial charge in [-0.3, -0.25) is 9.35 Å². The van der Waals surface area contributed by atoms with Gasteiger partial charge >= 0.3 is 27.3 Å². The zero-order valence-corrected chi connectivity index (χ0v) is 15.9. The van der Waals surface area contributed by atoms with Gasteiger partial charge in [0, 0.05) is 0 Å². The summed E-state index contributed by atoms with van der Waals surface area (Å²) in [5.74, 6) is -3.12. The van der Waals surface area contributed by atoms with Gasteiger partial charge in [-0.2, -0.15) is 17.2 Å². The molecular formula is C15H26F2O7S. The van der Waals surface area contributed by atoms with Crippen LogP contribution in [0.3, 0.4) is 0 Å². The highest BCUT2D eigenvalue weighted by Gasteiger charge is 2.54. The van der Waals surface area contributed by atoms with Crippen LogP contribution in [0.1, 0.15) is 53.9 Å². The van der Waals surface area contributed by atoms with E-state index in [0.29, 0.717) is 12.8 Å². The Labute approximate surface area is 146 Å². The molecule has 0 aliphatic heterocycles. The van der Waals surface area contributed by atoms with Crippen molar-refractivity contribution in [3.63, 3.8) is 0 Å². The topological polar surface area (TPSA) is 107 Å². The van der Waals surface area contributed by atoms with E-state index >= 15 is 0 Å². The van der Waals surface area contributed by atoms with E-state index in [-0.39, 0.29) is 11.8 Å². The zero-order valence-electron chi connectivity index (χ0n) is 15.0. The molecule has 0 bridgehead atoms. The Morgan fingerprint density at radius 2 is 1.56 bits per heavy atom. The molecule has 0 aromatic carbocycles. The molecule has 25 heavy (non-hydrogen) atoms. The number of hydrogen-bond donors (Lipinski definition) is 1. The second-order valence-corrected chi connectivity index (χ2v) is 7.88. The fraction of sp³-hybridized carbons (Fsp3) is 0.867. The number of rotatable bonds is 10. The third kappa shape index (κ3) is 5.88. The molecule has 0 aromatic rings. The molecule has 7 nitrogen and oxygen atoms in total. The summed E-state index contributed by atoms with van der Waals surface area (Å²) in [6.45, 7) is 8.17. The predicted molar refractivity (Wildman–Crippen MR) is 85.2 cm³/mol. The maximum atomic E-state index is 13.0. The number of carbonyl (C=O) groups is 2. The van der Waals surface area contributed by atoms with Gasteiger partial charge in [-0.15, -0.1) is 0 Å². The van der Waals surface area contributed by atoms with E-state index in [2.05, 4.69) is 4.74 Å². The second kappa shape index (κ2) is 8.88. The Morgan fingerprint density at radius 1 is 1.08 bits per heavy atom. The Morgan fingerprint density at radius 3 is 1.96 bits per heavy atom. The van der Waals surface area contributed by atoms with Crippen molar-refractivity contribution in [2.75, 3.05) is 6.79 Å². The van der Waals surface area contributed by atoms with Crippen LogP contribution in [0.5, 0.6) is 0 Å². The summed E-state index contributed by atoms with van der Waals surface area (Å²) >= 11 is 0. The van der Waals surface area contributed by atoms with Crippen LogP contribution in [0.25, 0.3) is 0 Å². The average molecular weight is 388 g/mol. The number of hydrogen-bond acceptors (Lipinski definition) is 6. The highest BCUT2D eigenvalue weighted by molar-refractivity contribution is 7.87.